The van der Waals surface area contributed by atoms with E-state index in [0.29, 0.717) is 12.5 Å². The van der Waals surface area contributed by atoms with Gasteiger partial charge in [-0.1, -0.05) is 26.7 Å². The Kier molecular flexibility index (Phi) is 4.99. The van der Waals surface area contributed by atoms with E-state index >= 15 is 0 Å². The molecule has 5 heteroatoms. The molecule has 1 saturated heterocycles. The molecule has 0 radical (unpaired) electrons. The van der Waals surface area contributed by atoms with Crippen LogP contribution in [0.2, 0.25) is 0 Å². The van der Waals surface area contributed by atoms with Crippen molar-refractivity contribution in [2.45, 2.75) is 57.5 Å². The van der Waals surface area contributed by atoms with Crippen LogP contribution in [0.4, 0.5) is 0 Å². The molecule has 2 fully saturated rings. The van der Waals surface area contributed by atoms with Crippen molar-refractivity contribution in [1.29, 1.82) is 0 Å². The molecule has 2 rings (SSSR count). The smallest absolute Gasteiger partial charge is 0.246 e. The van der Waals surface area contributed by atoms with E-state index in [1.165, 1.54) is 0 Å². The lowest BCUT2D eigenvalue weighted by atomic mass is 9.87. The Morgan fingerprint density at radius 2 is 2.00 bits per heavy atom. The van der Waals surface area contributed by atoms with E-state index in [4.69, 9.17) is 0 Å². The Balaban J connectivity index is 2.22. The van der Waals surface area contributed by atoms with Gasteiger partial charge < -0.3 is 10.2 Å². The molecule has 1 atom stereocenters. The number of carbonyl (C=O) groups is 2. The van der Waals surface area contributed by atoms with Gasteiger partial charge in [-0.2, -0.15) is 11.8 Å². The summed E-state index contributed by atoms with van der Waals surface area (Å²) in [6.07, 6.45) is 6.52. The highest BCUT2D eigenvalue weighted by molar-refractivity contribution is 7.98. The van der Waals surface area contributed by atoms with Crippen LogP contribution in [-0.2, 0) is 9.59 Å². The zero-order chi connectivity index (χ0) is 14.8. The SMILES string of the molecule is CSCCN1C(=O)C(CC(C)C)NC(=O)C12CCCC2. The molecule has 2 amide bonds. The lowest BCUT2D eigenvalue weighted by Crippen LogP contribution is -2.70. The summed E-state index contributed by atoms with van der Waals surface area (Å²) < 4.78 is 0. The largest absolute Gasteiger partial charge is 0.342 e. The number of thioether (sulfide) groups is 1. The van der Waals surface area contributed by atoms with Crippen LogP contribution < -0.4 is 5.32 Å². The van der Waals surface area contributed by atoms with Gasteiger partial charge in [-0.25, -0.2) is 0 Å². The fourth-order valence-corrected chi connectivity index (χ4v) is 3.84. The van der Waals surface area contributed by atoms with Gasteiger partial charge in [0.2, 0.25) is 11.8 Å². The number of nitrogens with one attached hydrogen (secondary N) is 1. The minimum Gasteiger partial charge on any atom is -0.342 e. The van der Waals surface area contributed by atoms with Crippen molar-refractivity contribution in [3.05, 3.63) is 0 Å². The highest BCUT2D eigenvalue weighted by Crippen LogP contribution is 2.38. The second-order valence-electron chi connectivity index (χ2n) is 6.38. The fraction of sp³-hybridized carbons (Fsp3) is 0.867. The van der Waals surface area contributed by atoms with Crippen molar-refractivity contribution >= 4 is 23.6 Å². The maximum Gasteiger partial charge on any atom is 0.246 e. The number of piperazine rings is 1. The molecule has 0 aromatic heterocycles. The maximum atomic E-state index is 12.8. The first-order chi connectivity index (χ1) is 9.51. The van der Waals surface area contributed by atoms with Gasteiger partial charge in [0.15, 0.2) is 0 Å². The number of amides is 2. The lowest BCUT2D eigenvalue weighted by molar-refractivity contribution is -0.157. The van der Waals surface area contributed by atoms with Crippen molar-refractivity contribution in [2.75, 3.05) is 18.6 Å². The molecule has 1 spiro atoms. The maximum absolute atomic E-state index is 12.8. The van der Waals surface area contributed by atoms with Crippen LogP contribution in [-0.4, -0.2) is 46.8 Å². The summed E-state index contributed by atoms with van der Waals surface area (Å²) in [5, 5.41) is 3.00. The van der Waals surface area contributed by atoms with Crippen LogP contribution in [0.1, 0.15) is 46.0 Å². The van der Waals surface area contributed by atoms with Gasteiger partial charge >= 0.3 is 0 Å². The van der Waals surface area contributed by atoms with Gasteiger partial charge in [0.1, 0.15) is 11.6 Å². The Morgan fingerprint density at radius 1 is 1.35 bits per heavy atom. The fourth-order valence-electron chi connectivity index (χ4n) is 3.47. The topological polar surface area (TPSA) is 49.4 Å². The van der Waals surface area contributed by atoms with Gasteiger partial charge in [-0.3, -0.25) is 9.59 Å². The average molecular weight is 298 g/mol. The third kappa shape index (κ3) is 2.83. The van der Waals surface area contributed by atoms with Gasteiger partial charge in [0, 0.05) is 12.3 Å². The van der Waals surface area contributed by atoms with E-state index in [1.807, 2.05) is 11.2 Å². The quantitative estimate of drug-likeness (QED) is 0.845. The van der Waals surface area contributed by atoms with Crippen molar-refractivity contribution in [3.63, 3.8) is 0 Å². The summed E-state index contributed by atoms with van der Waals surface area (Å²) >= 11 is 1.73. The van der Waals surface area contributed by atoms with Crippen molar-refractivity contribution in [2.24, 2.45) is 5.92 Å². The molecule has 0 aromatic rings. The average Bonchev–Trinajstić information content (AvgIpc) is 2.86. The molecule has 4 nitrogen and oxygen atoms in total. The summed E-state index contributed by atoms with van der Waals surface area (Å²) in [4.78, 5) is 27.3. The Bertz CT molecular complexity index is 378. The van der Waals surface area contributed by atoms with E-state index in [1.54, 1.807) is 11.8 Å². The van der Waals surface area contributed by atoms with Crippen LogP contribution in [0.25, 0.3) is 0 Å². The highest BCUT2D eigenvalue weighted by Gasteiger charge is 2.53. The summed E-state index contributed by atoms with van der Waals surface area (Å²) in [6.45, 7) is 4.87. The normalized spacial score (nSPS) is 25.6. The van der Waals surface area contributed by atoms with Crippen molar-refractivity contribution < 1.29 is 9.59 Å². The first-order valence-electron chi connectivity index (χ1n) is 7.62. The Hall–Kier alpha value is -0.710. The van der Waals surface area contributed by atoms with E-state index in [2.05, 4.69) is 19.2 Å². The highest BCUT2D eigenvalue weighted by atomic mass is 32.2. The van der Waals surface area contributed by atoms with Crippen LogP contribution in [0.3, 0.4) is 0 Å². The van der Waals surface area contributed by atoms with Gasteiger partial charge in [-0.05, 0) is 31.4 Å². The molecule has 1 N–H and O–H groups in total. The number of hydrogen-bond acceptors (Lipinski definition) is 3. The number of hydrogen-bond donors (Lipinski definition) is 1. The Morgan fingerprint density at radius 3 is 2.55 bits per heavy atom. The monoisotopic (exact) mass is 298 g/mol. The molecule has 0 bridgehead atoms. The first kappa shape index (κ1) is 15.7. The molecule has 1 saturated carbocycles. The molecule has 0 aromatic carbocycles. The van der Waals surface area contributed by atoms with Gasteiger partial charge in [0.25, 0.3) is 0 Å². The number of carbonyl (C=O) groups excluding carboxylic acids is 2. The summed E-state index contributed by atoms with van der Waals surface area (Å²) in [6, 6.07) is -0.324. The van der Waals surface area contributed by atoms with Crippen LogP contribution >= 0.6 is 11.8 Å². The predicted octanol–water partition coefficient (Wildman–Crippen LogP) is 2.04. The lowest BCUT2D eigenvalue weighted by Gasteiger charge is -2.46. The summed E-state index contributed by atoms with van der Waals surface area (Å²) in [5.74, 6) is 1.52. The molecular formula is C15H26N2O2S. The third-order valence-electron chi connectivity index (χ3n) is 4.47. The van der Waals surface area contributed by atoms with Crippen molar-refractivity contribution in [3.8, 4) is 0 Å². The first-order valence-corrected chi connectivity index (χ1v) is 9.02. The molecule has 1 aliphatic carbocycles. The Labute approximate surface area is 126 Å². The standard InChI is InChI=1S/C15H26N2O2S/c1-11(2)10-12-13(18)17(8-9-20-3)15(14(19)16-12)6-4-5-7-15/h11-12H,4-10H2,1-3H3,(H,16,19). The van der Waals surface area contributed by atoms with Gasteiger partial charge in [0.05, 0.1) is 0 Å². The number of rotatable bonds is 5. The van der Waals surface area contributed by atoms with E-state index in [9.17, 15) is 9.59 Å². The zero-order valence-corrected chi connectivity index (χ0v) is 13.6. The molecule has 2 aliphatic rings. The van der Waals surface area contributed by atoms with Crippen LogP contribution in [0.5, 0.6) is 0 Å². The van der Waals surface area contributed by atoms with E-state index < -0.39 is 5.54 Å². The summed E-state index contributed by atoms with van der Waals surface area (Å²) in [5.41, 5.74) is -0.541. The second-order valence-corrected chi connectivity index (χ2v) is 7.36. The minimum absolute atomic E-state index is 0.0846. The van der Waals surface area contributed by atoms with Crippen LogP contribution in [0, 0.1) is 5.92 Å². The molecule has 1 heterocycles. The van der Waals surface area contributed by atoms with E-state index in [-0.39, 0.29) is 17.9 Å². The van der Waals surface area contributed by atoms with E-state index in [0.717, 1.165) is 37.9 Å². The van der Waals surface area contributed by atoms with Gasteiger partial charge in [-0.15, -0.1) is 0 Å². The molecule has 1 unspecified atom stereocenters. The minimum atomic E-state index is -0.541. The molecule has 114 valence electrons. The molecule has 1 aliphatic heterocycles. The molecule has 20 heavy (non-hydrogen) atoms. The molecular weight excluding hydrogens is 272 g/mol. The van der Waals surface area contributed by atoms with Crippen LogP contribution in [0.15, 0.2) is 0 Å². The number of nitrogens with zero attached hydrogens (tertiary/aromatic N) is 1. The third-order valence-corrected chi connectivity index (χ3v) is 5.06. The predicted molar refractivity (Wildman–Crippen MR) is 82.7 cm³/mol. The summed E-state index contributed by atoms with van der Waals surface area (Å²) in [7, 11) is 0. The van der Waals surface area contributed by atoms with Crippen molar-refractivity contribution in [1.82, 2.24) is 10.2 Å². The zero-order valence-electron chi connectivity index (χ0n) is 12.8. The second kappa shape index (κ2) is 6.37.